The largest absolute Gasteiger partial charge is 0.506 e. The third-order valence-corrected chi connectivity index (χ3v) is 2.60. The number of aromatic nitrogens is 2. The zero-order valence-electron chi connectivity index (χ0n) is 9.00. The number of alkyl halides is 5. The molecule has 102 valence electrons. The van der Waals surface area contributed by atoms with Crippen LogP contribution in [0.25, 0.3) is 0 Å². The van der Waals surface area contributed by atoms with Gasteiger partial charge < -0.3 is 5.11 Å². The number of halogens is 5. The van der Waals surface area contributed by atoms with E-state index in [4.69, 9.17) is 5.11 Å². The quantitative estimate of drug-likeness (QED) is 0.487. The minimum Gasteiger partial charge on any atom is -0.506 e. The lowest BCUT2D eigenvalue weighted by Crippen LogP contribution is -2.39. The van der Waals surface area contributed by atoms with Crippen molar-refractivity contribution in [2.24, 2.45) is 0 Å². The average Bonchev–Trinajstić information content (AvgIpc) is 2.65. The Labute approximate surface area is 102 Å². The van der Waals surface area contributed by atoms with Crippen molar-refractivity contribution < 1.29 is 31.9 Å². The van der Waals surface area contributed by atoms with Crippen LogP contribution in [-0.2, 0) is 6.42 Å². The lowest BCUT2D eigenvalue weighted by Gasteiger charge is -2.19. The van der Waals surface area contributed by atoms with Gasteiger partial charge in [0.25, 0.3) is 0 Å². The fourth-order valence-corrected chi connectivity index (χ4v) is 1.61. The summed E-state index contributed by atoms with van der Waals surface area (Å²) in [5.41, 5.74) is -1.21. The molecule has 1 aliphatic carbocycles. The SMILES string of the molecule is O=C1/C(=C(\O)C(F)(F)C(F)(F)F)Cc2ncncc21. The number of aliphatic hydroxyl groups is 1. The van der Waals surface area contributed by atoms with Crippen molar-refractivity contribution in [3.63, 3.8) is 0 Å². The summed E-state index contributed by atoms with van der Waals surface area (Å²) in [4.78, 5) is 18.7. The molecule has 1 N–H and O–H groups in total. The van der Waals surface area contributed by atoms with Gasteiger partial charge in [0, 0.05) is 12.6 Å². The van der Waals surface area contributed by atoms with Crippen LogP contribution < -0.4 is 0 Å². The first-order valence-electron chi connectivity index (χ1n) is 4.87. The molecule has 0 unspecified atom stereocenters. The van der Waals surface area contributed by atoms with Gasteiger partial charge in [-0.15, -0.1) is 0 Å². The van der Waals surface area contributed by atoms with E-state index in [9.17, 15) is 26.7 Å². The van der Waals surface area contributed by atoms with E-state index in [0.29, 0.717) is 0 Å². The van der Waals surface area contributed by atoms with Crippen LogP contribution in [0.1, 0.15) is 16.1 Å². The maximum Gasteiger partial charge on any atom is 0.461 e. The highest BCUT2D eigenvalue weighted by atomic mass is 19.4. The van der Waals surface area contributed by atoms with Crippen molar-refractivity contribution in [3.8, 4) is 0 Å². The first-order chi connectivity index (χ1) is 8.66. The molecule has 0 saturated heterocycles. The Morgan fingerprint density at radius 2 is 1.89 bits per heavy atom. The summed E-state index contributed by atoms with van der Waals surface area (Å²) < 4.78 is 62.2. The molecule has 0 saturated carbocycles. The van der Waals surface area contributed by atoms with Crippen LogP contribution >= 0.6 is 0 Å². The molecular weight excluding hydrogens is 275 g/mol. The average molecular weight is 280 g/mol. The second kappa shape index (κ2) is 3.97. The normalized spacial score (nSPS) is 18.5. The first kappa shape index (κ1) is 13.4. The minimum absolute atomic E-state index is 0.000440. The summed E-state index contributed by atoms with van der Waals surface area (Å²) in [7, 11) is 0. The number of aliphatic hydroxyl groups excluding tert-OH is 1. The maximum absolute atomic E-state index is 13.0. The van der Waals surface area contributed by atoms with Gasteiger partial charge in [-0.3, -0.25) is 4.79 Å². The van der Waals surface area contributed by atoms with Crippen LogP contribution in [0.3, 0.4) is 0 Å². The lowest BCUT2D eigenvalue weighted by molar-refractivity contribution is -0.274. The fourth-order valence-electron chi connectivity index (χ4n) is 1.61. The third-order valence-electron chi connectivity index (χ3n) is 2.60. The predicted molar refractivity (Wildman–Crippen MR) is 50.7 cm³/mol. The van der Waals surface area contributed by atoms with Gasteiger partial charge in [-0.05, 0) is 0 Å². The Bertz CT molecular complexity index is 580. The molecule has 1 heterocycles. The summed E-state index contributed by atoms with van der Waals surface area (Å²) in [6.07, 6.45) is -4.55. The van der Waals surface area contributed by atoms with E-state index < -0.39 is 35.6 Å². The van der Waals surface area contributed by atoms with Gasteiger partial charge in [0.2, 0.25) is 0 Å². The van der Waals surface area contributed by atoms with Crippen molar-refractivity contribution in [1.82, 2.24) is 9.97 Å². The fraction of sp³-hybridized carbons (Fsp3) is 0.300. The molecule has 0 amide bonds. The van der Waals surface area contributed by atoms with E-state index in [1.54, 1.807) is 0 Å². The van der Waals surface area contributed by atoms with E-state index in [1.165, 1.54) is 0 Å². The molecule has 4 nitrogen and oxygen atoms in total. The zero-order valence-corrected chi connectivity index (χ0v) is 9.00. The Balaban J connectivity index is 2.50. The molecule has 0 atom stereocenters. The summed E-state index contributed by atoms with van der Waals surface area (Å²) in [6, 6.07) is 0. The lowest BCUT2D eigenvalue weighted by atomic mass is 10.1. The molecule has 0 fully saturated rings. The Hall–Kier alpha value is -2.06. The summed E-state index contributed by atoms with van der Waals surface area (Å²) >= 11 is 0. The number of Topliss-reactive ketones (excluding diaryl/α,β-unsaturated/α-hetero) is 1. The second-order valence-electron chi connectivity index (χ2n) is 3.79. The topological polar surface area (TPSA) is 63.1 Å². The molecule has 0 aromatic carbocycles. The van der Waals surface area contributed by atoms with E-state index >= 15 is 0 Å². The van der Waals surface area contributed by atoms with E-state index in [1.807, 2.05) is 0 Å². The summed E-state index contributed by atoms with van der Waals surface area (Å²) in [5.74, 6) is -8.90. The Morgan fingerprint density at radius 1 is 1.26 bits per heavy atom. The Morgan fingerprint density at radius 3 is 2.42 bits per heavy atom. The first-order valence-corrected chi connectivity index (χ1v) is 4.87. The van der Waals surface area contributed by atoms with Crippen LogP contribution in [0.15, 0.2) is 23.9 Å². The standard InChI is InChI=1S/C10H5F5N2O2/c11-9(12,10(13,14)15)8(19)4-1-6-5(7(4)18)2-16-3-17-6/h2-3,19H,1H2/b8-4-. The van der Waals surface area contributed by atoms with Gasteiger partial charge in [0.15, 0.2) is 11.5 Å². The highest BCUT2D eigenvalue weighted by Gasteiger charge is 2.62. The number of hydrogen-bond acceptors (Lipinski definition) is 4. The van der Waals surface area contributed by atoms with Crippen LogP contribution in [0.4, 0.5) is 22.0 Å². The molecule has 0 bridgehead atoms. The number of allylic oxidation sites excluding steroid dienone is 2. The van der Waals surface area contributed by atoms with Crippen molar-refractivity contribution in [2.75, 3.05) is 0 Å². The number of nitrogens with zero attached hydrogens (tertiary/aromatic N) is 2. The molecular formula is C10H5F5N2O2. The molecule has 9 heteroatoms. The number of rotatable bonds is 1. The van der Waals surface area contributed by atoms with Crippen molar-refractivity contribution in [2.45, 2.75) is 18.5 Å². The highest BCUT2D eigenvalue weighted by molar-refractivity contribution is 6.12. The van der Waals surface area contributed by atoms with E-state index in [0.717, 1.165) is 12.5 Å². The third kappa shape index (κ3) is 1.94. The number of carbonyl (C=O) groups excluding carboxylic acids is 1. The molecule has 19 heavy (non-hydrogen) atoms. The van der Waals surface area contributed by atoms with Crippen LogP contribution in [0, 0.1) is 0 Å². The van der Waals surface area contributed by atoms with Gasteiger partial charge in [0.05, 0.1) is 16.8 Å². The van der Waals surface area contributed by atoms with Gasteiger partial charge in [0.1, 0.15) is 6.33 Å². The van der Waals surface area contributed by atoms with Crippen molar-refractivity contribution in [3.05, 3.63) is 35.1 Å². The highest BCUT2D eigenvalue weighted by Crippen LogP contribution is 2.42. The minimum atomic E-state index is -5.98. The van der Waals surface area contributed by atoms with Crippen LogP contribution in [0.5, 0.6) is 0 Å². The zero-order chi connectivity index (χ0) is 14.4. The smallest absolute Gasteiger partial charge is 0.461 e. The maximum atomic E-state index is 13.0. The monoisotopic (exact) mass is 280 g/mol. The van der Waals surface area contributed by atoms with E-state index in [-0.39, 0.29) is 11.3 Å². The molecule has 1 aliphatic rings. The second-order valence-corrected chi connectivity index (χ2v) is 3.79. The van der Waals surface area contributed by atoms with Crippen molar-refractivity contribution >= 4 is 5.78 Å². The van der Waals surface area contributed by atoms with Crippen LogP contribution in [-0.4, -0.2) is 33.0 Å². The Kier molecular flexibility index (Phi) is 2.79. The summed E-state index contributed by atoms with van der Waals surface area (Å²) in [6.45, 7) is 0. The van der Waals surface area contributed by atoms with Crippen molar-refractivity contribution in [1.29, 1.82) is 0 Å². The van der Waals surface area contributed by atoms with Gasteiger partial charge in [-0.1, -0.05) is 0 Å². The molecule has 2 rings (SSSR count). The number of ketones is 1. The van der Waals surface area contributed by atoms with Gasteiger partial charge >= 0.3 is 12.1 Å². The molecule has 1 aromatic rings. The van der Waals surface area contributed by atoms with Gasteiger partial charge in [-0.25, -0.2) is 9.97 Å². The predicted octanol–water partition coefficient (Wildman–Crippen LogP) is 2.23. The number of fused-ring (bicyclic) bond motifs is 1. The summed E-state index contributed by atoms with van der Waals surface area (Å²) in [5, 5.41) is 9.10. The molecule has 0 spiro atoms. The van der Waals surface area contributed by atoms with Crippen LogP contribution in [0.2, 0.25) is 0 Å². The molecule has 1 aromatic heterocycles. The molecule has 0 radical (unpaired) electrons. The molecule has 0 aliphatic heterocycles. The number of carbonyl (C=O) groups is 1. The number of hydrogen-bond donors (Lipinski definition) is 1. The van der Waals surface area contributed by atoms with E-state index in [2.05, 4.69) is 9.97 Å². The van der Waals surface area contributed by atoms with Gasteiger partial charge in [-0.2, -0.15) is 22.0 Å².